The summed E-state index contributed by atoms with van der Waals surface area (Å²) >= 11 is 0. The Labute approximate surface area is 110 Å². The summed E-state index contributed by atoms with van der Waals surface area (Å²) in [5.41, 5.74) is 1.41. The van der Waals surface area contributed by atoms with Crippen LogP contribution in [0.15, 0.2) is 30.3 Å². The normalized spacial score (nSPS) is 30.6. The third kappa shape index (κ3) is 2.08. The van der Waals surface area contributed by atoms with Crippen molar-refractivity contribution >= 4 is 0 Å². The zero-order valence-corrected chi connectivity index (χ0v) is 11.5. The molecule has 0 spiro atoms. The number of benzene rings is 1. The molecule has 1 N–H and O–H groups in total. The summed E-state index contributed by atoms with van der Waals surface area (Å²) in [7, 11) is 2.09. The smallest absolute Gasteiger partial charge is 0.0473 e. The zero-order chi connectivity index (χ0) is 12.5. The first-order chi connectivity index (χ1) is 8.79. The molecule has 98 valence electrons. The molecular formula is C16H24N2. The second-order valence-corrected chi connectivity index (χ2v) is 5.95. The van der Waals surface area contributed by atoms with Gasteiger partial charge in [-0.15, -0.1) is 0 Å². The molecule has 2 aliphatic rings. The van der Waals surface area contributed by atoms with E-state index in [0.29, 0.717) is 12.1 Å². The summed E-state index contributed by atoms with van der Waals surface area (Å²) in [6, 6.07) is 12.8. The fraction of sp³-hybridized carbons (Fsp3) is 0.625. The van der Waals surface area contributed by atoms with E-state index < -0.39 is 0 Å². The molecule has 1 saturated heterocycles. The first kappa shape index (κ1) is 12.2. The minimum Gasteiger partial charge on any atom is -0.312 e. The zero-order valence-electron chi connectivity index (χ0n) is 11.5. The highest BCUT2D eigenvalue weighted by atomic mass is 15.2. The lowest BCUT2D eigenvalue weighted by atomic mass is 9.97. The Morgan fingerprint density at radius 2 is 2.00 bits per heavy atom. The van der Waals surface area contributed by atoms with Gasteiger partial charge in [-0.2, -0.15) is 0 Å². The van der Waals surface area contributed by atoms with Crippen molar-refractivity contribution in [2.75, 3.05) is 13.6 Å². The van der Waals surface area contributed by atoms with Gasteiger partial charge >= 0.3 is 0 Å². The summed E-state index contributed by atoms with van der Waals surface area (Å²) in [6.45, 7) is 3.70. The van der Waals surface area contributed by atoms with Crippen molar-refractivity contribution in [3.05, 3.63) is 35.9 Å². The summed E-state index contributed by atoms with van der Waals surface area (Å²) in [5, 5.41) is 3.51. The van der Waals surface area contributed by atoms with Crippen LogP contribution >= 0.6 is 0 Å². The Morgan fingerprint density at radius 3 is 2.56 bits per heavy atom. The Morgan fingerprint density at radius 1 is 1.22 bits per heavy atom. The molecule has 4 unspecified atom stereocenters. The molecule has 1 aliphatic carbocycles. The van der Waals surface area contributed by atoms with E-state index in [0.717, 1.165) is 12.0 Å². The van der Waals surface area contributed by atoms with Gasteiger partial charge in [-0.25, -0.2) is 0 Å². The molecule has 18 heavy (non-hydrogen) atoms. The van der Waals surface area contributed by atoms with E-state index in [2.05, 4.69) is 54.5 Å². The van der Waals surface area contributed by atoms with Crippen LogP contribution in [0.25, 0.3) is 0 Å². The molecule has 2 heteroatoms. The second-order valence-electron chi connectivity index (χ2n) is 5.95. The van der Waals surface area contributed by atoms with E-state index >= 15 is 0 Å². The predicted octanol–water partition coefficient (Wildman–Crippen LogP) is 2.82. The van der Waals surface area contributed by atoms with E-state index in [1.54, 1.807) is 0 Å². The highest BCUT2D eigenvalue weighted by Crippen LogP contribution is 2.40. The van der Waals surface area contributed by atoms with Crippen molar-refractivity contribution in [1.29, 1.82) is 0 Å². The molecule has 3 rings (SSSR count). The molecule has 1 aromatic rings. The van der Waals surface area contributed by atoms with Crippen LogP contribution in [0.3, 0.4) is 0 Å². The van der Waals surface area contributed by atoms with Gasteiger partial charge in [-0.05, 0) is 44.7 Å². The minimum absolute atomic E-state index is 0.450. The van der Waals surface area contributed by atoms with Crippen LogP contribution in [0, 0.1) is 5.92 Å². The summed E-state index contributed by atoms with van der Waals surface area (Å²) < 4.78 is 0. The summed E-state index contributed by atoms with van der Waals surface area (Å²) in [6.07, 6.45) is 4.32. The number of likely N-dealkylation sites (N-methyl/N-ethyl adjacent to an activating group) is 1. The van der Waals surface area contributed by atoms with E-state index in [4.69, 9.17) is 0 Å². The van der Waals surface area contributed by atoms with Crippen LogP contribution in [-0.2, 0) is 0 Å². The quantitative estimate of drug-likeness (QED) is 0.876. The van der Waals surface area contributed by atoms with Crippen molar-refractivity contribution in [1.82, 2.24) is 10.2 Å². The number of nitrogens with zero attached hydrogens (tertiary/aromatic N) is 1. The van der Waals surface area contributed by atoms with Crippen LogP contribution < -0.4 is 5.32 Å². The molecule has 2 nitrogen and oxygen atoms in total. The molecule has 1 saturated carbocycles. The van der Waals surface area contributed by atoms with Gasteiger partial charge in [0.2, 0.25) is 0 Å². The molecular weight excluding hydrogens is 220 g/mol. The average Bonchev–Trinajstić information content (AvgIpc) is 3.03. The lowest BCUT2D eigenvalue weighted by molar-refractivity contribution is 0.131. The lowest BCUT2D eigenvalue weighted by Crippen LogP contribution is -2.45. The van der Waals surface area contributed by atoms with E-state index in [1.165, 1.54) is 31.4 Å². The van der Waals surface area contributed by atoms with Gasteiger partial charge in [0.1, 0.15) is 0 Å². The van der Waals surface area contributed by atoms with Gasteiger partial charge in [0.15, 0.2) is 0 Å². The monoisotopic (exact) mass is 244 g/mol. The number of hydrogen-bond donors (Lipinski definition) is 1. The fourth-order valence-corrected chi connectivity index (χ4v) is 4.00. The Balaban J connectivity index is 1.76. The maximum atomic E-state index is 3.51. The molecule has 0 amide bonds. The molecule has 1 aliphatic heterocycles. The van der Waals surface area contributed by atoms with E-state index in [1.807, 2.05) is 0 Å². The Hall–Kier alpha value is -0.860. The van der Waals surface area contributed by atoms with Crippen molar-refractivity contribution < 1.29 is 0 Å². The van der Waals surface area contributed by atoms with Gasteiger partial charge in [0, 0.05) is 24.7 Å². The van der Waals surface area contributed by atoms with Crippen molar-refractivity contribution in [2.45, 2.75) is 44.3 Å². The second kappa shape index (κ2) is 5.02. The standard InChI is InChI=1S/C16H24N2/c1-12(18-11-13-8-9-15(18)10-13)16(17-2)14-6-4-3-5-7-14/h3-7,12-13,15-17H,8-11H2,1-2H3. The lowest BCUT2D eigenvalue weighted by Gasteiger charge is -2.37. The Kier molecular flexibility index (Phi) is 3.40. The highest BCUT2D eigenvalue weighted by molar-refractivity contribution is 5.20. The molecule has 2 fully saturated rings. The van der Waals surface area contributed by atoms with Crippen molar-refractivity contribution in [3.63, 3.8) is 0 Å². The predicted molar refractivity (Wildman–Crippen MR) is 75.5 cm³/mol. The SMILES string of the molecule is CNC(c1ccccc1)C(C)N1CC2CCC1C2. The number of piperidine rings is 1. The Bertz CT molecular complexity index is 389. The van der Waals surface area contributed by atoms with Gasteiger partial charge in [0.05, 0.1) is 0 Å². The molecule has 1 aromatic carbocycles. The van der Waals surface area contributed by atoms with Gasteiger partial charge < -0.3 is 5.32 Å². The van der Waals surface area contributed by atoms with Crippen molar-refractivity contribution in [2.24, 2.45) is 5.92 Å². The fourth-order valence-electron chi connectivity index (χ4n) is 4.00. The molecule has 2 bridgehead atoms. The highest BCUT2D eigenvalue weighted by Gasteiger charge is 2.41. The minimum atomic E-state index is 0.450. The summed E-state index contributed by atoms with van der Waals surface area (Å²) in [5.74, 6) is 0.978. The molecule has 0 radical (unpaired) electrons. The molecule has 0 aromatic heterocycles. The number of likely N-dealkylation sites (tertiary alicyclic amines) is 1. The van der Waals surface area contributed by atoms with Crippen LogP contribution in [0.4, 0.5) is 0 Å². The number of nitrogens with one attached hydrogen (secondary N) is 1. The maximum absolute atomic E-state index is 3.51. The van der Waals surface area contributed by atoms with Crippen LogP contribution in [-0.4, -0.2) is 30.6 Å². The molecule has 4 atom stereocenters. The van der Waals surface area contributed by atoms with E-state index in [9.17, 15) is 0 Å². The number of rotatable bonds is 4. The van der Waals surface area contributed by atoms with Crippen LogP contribution in [0.1, 0.15) is 37.8 Å². The van der Waals surface area contributed by atoms with Crippen LogP contribution in [0.5, 0.6) is 0 Å². The first-order valence-corrected chi connectivity index (χ1v) is 7.27. The third-order valence-electron chi connectivity index (χ3n) is 4.93. The largest absolute Gasteiger partial charge is 0.312 e. The van der Waals surface area contributed by atoms with Gasteiger partial charge in [0.25, 0.3) is 0 Å². The topological polar surface area (TPSA) is 15.3 Å². The first-order valence-electron chi connectivity index (χ1n) is 7.27. The van der Waals surface area contributed by atoms with Crippen LogP contribution in [0.2, 0.25) is 0 Å². The third-order valence-corrected chi connectivity index (χ3v) is 4.93. The summed E-state index contributed by atoms with van der Waals surface area (Å²) in [4.78, 5) is 2.74. The van der Waals surface area contributed by atoms with Gasteiger partial charge in [-0.3, -0.25) is 4.90 Å². The maximum Gasteiger partial charge on any atom is 0.0473 e. The number of hydrogen-bond acceptors (Lipinski definition) is 2. The molecule has 1 heterocycles. The van der Waals surface area contributed by atoms with E-state index in [-0.39, 0.29) is 0 Å². The van der Waals surface area contributed by atoms with Crippen molar-refractivity contribution in [3.8, 4) is 0 Å². The number of fused-ring (bicyclic) bond motifs is 2. The average molecular weight is 244 g/mol. The van der Waals surface area contributed by atoms with Gasteiger partial charge in [-0.1, -0.05) is 30.3 Å².